The van der Waals surface area contributed by atoms with Gasteiger partial charge in [-0.25, -0.2) is 0 Å². The summed E-state index contributed by atoms with van der Waals surface area (Å²) < 4.78 is 39.8. The Morgan fingerprint density at radius 3 is 2.30 bits per heavy atom. The van der Waals surface area contributed by atoms with Crippen molar-refractivity contribution in [2.75, 3.05) is 13.6 Å². The Hall–Kier alpha value is -2.25. The van der Waals surface area contributed by atoms with Crippen LogP contribution in [-0.4, -0.2) is 41.8 Å². The molecule has 1 N–H and O–H groups in total. The fraction of sp³-hybridized carbons (Fsp3) is 0.467. The predicted octanol–water partition coefficient (Wildman–Crippen LogP) is 2.84. The van der Waals surface area contributed by atoms with Crippen LogP contribution in [0.1, 0.15) is 24.8 Å². The minimum absolute atomic E-state index is 0.00170. The Labute approximate surface area is 131 Å². The second kappa shape index (κ2) is 8.40. The molecule has 0 aromatic heterocycles. The molecule has 5 nitrogen and oxygen atoms in total. The van der Waals surface area contributed by atoms with Gasteiger partial charge in [-0.05, 0) is 30.5 Å². The first-order valence-corrected chi connectivity index (χ1v) is 6.98. The lowest BCUT2D eigenvalue weighted by atomic mass is 10.1. The van der Waals surface area contributed by atoms with Crippen molar-refractivity contribution in [3.05, 3.63) is 29.8 Å². The number of hydrogen-bond acceptors (Lipinski definition) is 3. The average Bonchev–Trinajstić information content (AvgIpc) is 2.44. The summed E-state index contributed by atoms with van der Waals surface area (Å²) >= 11 is 0. The summed E-state index contributed by atoms with van der Waals surface area (Å²) in [6.07, 6.45) is -3.77. The van der Waals surface area contributed by atoms with Crippen LogP contribution < -0.4 is 4.74 Å². The SMILES string of the molecule is CN(CCCC(=O)O)C(=O)CCc1ccc(OC(F)(F)F)cc1. The van der Waals surface area contributed by atoms with E-state index >= 15 is 0 Å². The quantitative estimate of drug-likeness (QED) is 0.794. The minimum atomic E-state index is -4.73. The summed E-state index contributed by atoms with van der Waals surface area (Å²) in [4.78, 5) is 23.7. The zero-order valence-electron chi connectivity index (χ0n) is 12.6. The van der Waals surface area contributed by atoms with Gasteiger partial charge in [0.05, 0.1) is 0 Å². The molecule has 0 aliphatic heterocycles. The Morgan fingerprint density at radius 2 is 1.78 bits per heavy atom. The highest BCUT2D eigenvalue weighted by Crippen LogP contribution is 2.23. The number of aryl methyl sites for hydroxylation is 1. The maximum Gasteiger partial charge on any atom is 0.573 e. The molecule has 0 aliphatic carbocycles. The van der Waals surface area contributed by atoms with Crippen molar-refractivity contribution in [2.45, 2.75) is 32.0 Å². The molecule has 1 amide bonds. The summed E-state index contributed by atoms with van der Waals surface area (Å²) in [6.45, 7) is 0.351. The molecule has 0 saturated carbocycles. The third-order valence-corrected chi connectivity index (χ3v) is 3.09. The number of amides is 1. The molecular formula is C15H18F3NO4. The summed E-state index contributed by atoms with van der Waals surface area (Å²) in [5, 5.41) is 8.53. The van der Waals surface area contributed by atoms with Gasteiger partial charge in [0.1, 0.15) is 5.75 Å². The molecule has 128 valence electrons. The van der Waals surface area contributed by atoms with Gasteiger partial charge in [-0.15, -0.1) is 13.2 Å². The van der Waals surface area contributed by atoms with Gasteiger partial charge in [-0.1, -0.05) is 12.1 Å². The van der Waals surface area contributed by atoms with Crippen molar-refractivity contribution < 1.29 is 32.6 Å². The maximum atomic E-state index is 12.0. The van der Waals surface area contributed by atoms with Crippen LogP contribution >= 0.6 is 0 Å². The van der Waals surface area contributed by atoms with Crippen molar-refractivity contribution in [2.24, 2.45) is 0 Å². The largest absolute Gasteiger partial charge is 0.573 e. The highest BCUT2D eigenvalue weighted by molar-refractivity contribution is 5.76. The van der Waals surface area contributed by atoms with Crippen molar-refractivity contribution in [1.82, 2.24) is 4.90 Å². The highest BCUT2D eigenvalue weighted by Gasteiger charge is 2.30. The zero-order valence-corrected chi connectivity index (χ0v) is 12.6. The van der Waals surface area contributed by atoms with Gasteiger partial charge in [0, 0.05) is 26.4 Å². The zero-order chi connectivity index (χ0) is 17.5. The number of halogens is 3. The first kappa shape index (κ1) is 18.8. The standard InChI is InChI=1S/C15H18F3NO4/c1-19(10-2-3-14(21)22)13(20)9-6-11-4-7-12(8-5-11)23-15(16,17)18/h4-5,7-8H,2-3,6,9-10H2,1H3,(H,21,22). The number of carboxylic acid groups (broad SMARTS) is 1. The third kappa shape index (κ3) is 8.08. The lowest BCUT2D eigenvalue weighted by molar-refractivity contribution is -0.274. The molecule has 0 atom stereocenters. The van der Waals surface area contributed by atoms with Gasteiger partial charge >= 0.3 is 12.3 Å². The van der Waals surface area contributed by atoms with Gasteiger partial charge in [-0.2, -0.15) is 0 Å². The van der Waals surface area contributed by atoms with E-state index in [1.54, 1.807) is 7.05 Å². The number of nitrogens with zero attached hydrogens (tertiary/aromatic N) is 1. The molecule has 0 fully saturated rings. The smallest absolute Gasteiger partial charge is 0.481 e. The number of rotatable bonds is 8. The van der Waals surface area contributed by atoms with Gasteiger partial charge in [0.2, 0.25) is 5.91 Å². The third-order valence-electron chi connectivity index (χ3n) is 3.09. The topological polar surface area (TPSA) is 66.8 Å². The number of alkyl halides is 3. The van der Waals surface area contributed by atoms with Crippen LogP contribution in [0, 0.1) is 0 Å². The summed E-state index contributed by atoms with van der Waals surface area (Å²) in [7, 11) is 1.59. The van der Waals surface area contributed by atoms with Gasteiger partial charge in [0.25, 0.3) is 0 Å². The van der Waals surface area contributed by atoms with Crippen molar-refractivity contribution >= 4 is 11.9 Å². The van der Waals surface area contributed by atoms with Crippen LogP contribution in [0.15, 0.2) is 24.3 Å². The summed E-state index contributed by atoms with van der Waals surface area (Å²) in [5.41, 5.74) is 0.715. The maximum absolute atomic E-state index is 12.0. The lowest BCUT2D eigenvalue weighted by Gasteiger charge is -2.16. The average molecular weight is 333 g/mol. The number of ether oxygens (including phenoxy) is 1. The molecule has 0 spiro atoms. The van der Waals surface area contributed by atoms with E-state index in [-0.39, 0.29) is 24.5 Å². The first-order valence-electron chi connectivity index (χ1n) is 6.98. The van der Waals surface area contributed by atoms with Crippen LogP contribution in [0.3, 0.4) is 0 Å². The van der Waals surface area contributed by atoms with E-state index in [0.717, 1.165) is 0 Å². The highest BCUT2D eigenvalue weighted by atomic mass is 19.4. The van der Waals surface area contributed by atoms with E-state index in [4.69, 9.17) is 5.11 Å². The molecule has 0 bridgehead atoms. The number of hydrogen-bond donors (Lipinski definition) is 1. The Morgan fingerprint density at radius 1 is 1.17 bits per heavy atom. The van der Waals surface area contributed by atoms with Crippen molar-refractivity contribution in [3.63, 3.8) is 0 Å². The minimum Gasteiger partial charge on any atom is -0.481 e. The molecule has 0 aliphatic rings. The van der Waals surface area contributed by atoms with Crippen LogP contribution in [0.5, 0.6) is 5.75 Å². The van der Waals surface area contributed by atoms with E-state index < -0.39 is 12.3 Å². The number of benzene rings is 1. The molecule has 8 heteroatoms. The fourth-order valence-electron chi connectivity index (χ4n) is 1.89. The Kier molecular flexibility index (Phi) is 6.87. The summed E-state index contributed by atoms with van der Waals surface area (Å²) in [6, 6.07) is 5.34. The number of aliphatic carboxylic acids is 1. The molecule has 0 radical (unpaired) electrons. The molecule has 23 heavy (non-hydrogen) atoms. The number of carbonyl (C=O) groups is 2. The van der Waals surface area contributed by atoms with E-state index in [9.17, 15) is 22.8 Å². The molecular weight excluding hydrogens is 315 g/mol. The van der Waals surface area contributed by atoms with Crippen LogP contribution in [0.25, 0.3) is 0 Å². The molecule has 0 heterocycles. The van der Waals surface area contributed by atoms with Crippen molar-refractivity contribution in [1.29, 1.82) is 0 Å². The fourth-order valence-corrected chi connectivity index (χ4v) is 1.89. The van der Waals surface area contributed by atoms with Gasteiger partial charge in [0.15, 0.2) is 0 Å². The van der Waals surface area contributed by atoms with Crippen molar-refractivity contribution in [3.8, 4) is 5.75 Å². The molecule has 1 aromatic carbocycles. The Bertz CT molecular complexity index is 529. The van der Waals surface area contributed by atoms with Crippen LogP contribution in [-0.2, 0) is 16.0 Å². The summed E-state index contributed by atoms with van der Waals surface area (Å²) in [5.74, 6) is -1.36. The van der Waals surface area contributed by atoms with Gasteiger partial charge < -0.3 is 14.7 Å². The van der Waals surface area contributed by atoms with E-state index in [0.29, 0.717) is 24.9 Å². The van der Waals surface area contributed by atoms with E-state index in [2.05, 4.69) is 4.74 Å². The monoisotopic (exact) mass is 333 g/mol. The predicted molar refractivity (Wildman–Crippen MR) is 76.0 cm³/mol. The molecule has 0 saturated heterocycles. The number of carbonyl (C=O) groups excluding carboxylic acids is 1. The number of carboxylic acids is 1. The molecule has 1 rings (SSSR count). The van der Waals surface area contributed by atoms with Crippen LogP contribution in [0.4, 0.5) is 13.2 Å². The second-order valence-corrected chi connectivity index (χ2v) is 5.00. The molecule has 0 unspecified atom stereocenters. The van der Waals surface area contributed by atoms with Crippen LogP contribution in [0.2, 0.25) is 0 Å². The normalized spacial score (nSPS) is 11.1. The van der Waals surface area contributed by atoms with E-state index in [1.807, 2.05) is 0 Å². The van der Waals surface area contributed by atoms with E-state index in [1.165, 1.54) is 29.2 Å². The molecule has 1 aromatic rings. The second-order valence-electron chi connectivity index (χ2n) is 5.00. The Balaban J connectivity index is 2.39. The first-order chi connectivity index (χ1) is 10.7. The lowest BCUT2D eigenvalue weighted by Crippen LogP contribution is -2.28. The van der Waals surface area contributed by atoms with Gasteiger partial charge in [-0.3, -0.25) is 9.59 Å².